The molecule has 5 nitrogen and oxygen atoms in total. The second kappa shape index (κ2) is 7.83. The maximum absolute atomic E-state index is 13.1. The summed E-state index contributed by atoms with van der Waals surface area (Å²) >= 11 is 0. The number of benzene rings is 1. The molecule has 0 aliphatic rings. The largest absolute Gasteiger partial charge is 0.482 e. The fourth-order valence-corrected chi connectivity index (χ4v) is 1.53. The van der Waals surface area contributed by atoms with Gasteiger partial charge in [0.05, 0.1) is 5.69 Å². The summed E-state index contributed by atoms with van der Waals surface area (Å²) in [4.78, 5) is 11.7. The van der Waals surface area contributed by atoms with E-state index in [0.717, 1.165) is 18.2 Å². The standard InChI is InChI=1S/C13H16F4N2O3/c1-8(4-5-20)18-12(21)19-10-3-2-9(14)6-11(10)22-7-13(15,16)17/h2-3,6,8,20H,4-5,7H2,1H3,(H2,18,19,21)/t8-/m1/s1. The number of anilines is 1. The van der Waals surface area contributed by atoms with Crippen LogP contribution in [-0.4, -0.2) is 36.6 Å². The first kappa shape index (κ1) is 18.0. The lowest BCUT2D eigenvalue weighted by Crippen LogP contribution is -2.36. The van der Waals surface area contributed by atoms with Crippen molar-refractivity contribution in [3.05, 3.63) is 24.0 Å². The van der Waals surface area contributed by atoms with E-state index in [1.807, 2.05) is 0 Å². The zero-order valence-electron chi connectivity index (χ0n) is 11.7. The van der Waals surface area contributed by atoms with E-state index in [-0.39, 0.29) is 18.3 Å². The summed E-state index contributed by atoms with van der Waals surface area (Å²) in [6.45, 7) is -0.0901. The predicted octanol–water partition coefficient (Wildman–Crippen LogP) is 2.66. The number of hydrogen-bond acceptors (Lipinski definition) is 3. The Labute approximate surface area is 124 Å². The number of amides is 2. The molecule has 0 aliphatic heterocycles. The maximum Gasteiger partial charge on any atom is 0.422 e. The quantitative estimate of drug-likeness (QED) is 0.705. The summed E-state index contributed by atoms with van der Waals surface area (Å²) < 4.78 is 54.0. The van der Waals surface area contributed by atoms with E-state index < -0.39 is 30.4 Å². The number of urea groups is 1. The molecule has 0 fully saturated rings. The highest BCUT2D eigenvalue weighted by Crippen LogP contribution is 2.27. The van der Waals surface area contributed by atoms with Gasteiger partial charge in [0, 0.05) is 18.7 Å². The van der Waals surface area contributed by atoms with E-state index in [1.54, 1.807) is 6.92 Å². The van der Waals surface area contributed by atoms with Gasteiger partial charge in [-0.25, -0.2) is 9.18 Å². The summed E-state index contributed by atoms with van der Waals surface area (Å²) in [6.07, 6.45) is -4.27. The van der Waals surface area contributed by atoms with Crippen LogP contribution in [0.5, 0.6) is 5.75 Å². The third kappa shape index (κ3) is 6.61. The van der Waals surface area contributed by atoms with E-state index in [4.69, 9.17) is 5.11 Å². The minimum Gasteiger partial charge on any atom is -0.482 e. The topological polar surface area (TPSA) is 70.6 Å². The molecule has 0 aromatic heterocycles. The van der Waals surface area contributed by atoms with Crippen LogP contribution in [0.1, 0.15) is 13.3 Å². The fraction of sp³-hybridized carbons (Fsp3) is 0.462. The van der Waals surface area contributed by atoms with E-state index in [0.29, 0.717) is 6.42 Å². The van der Waals surface area contributed by atoms with Crippen molar-refractivity contribution in [3.63, 3.8) is 0 Å². The van der Waals surface area contributed by atoms with Crippen LogP contribution in [0.3, 0.4) is 0 Å². The van der Waals surface area contributed by atoms with Gasteiger partial charge in [-0.05, 0) is 25.5 Å². The molecular weight excluding hydrogens is 308 g/mol. The molecule has 0 heterocycles. The molecule has 1 aromatic rings. The number of halogens is 4. The second-order valence-electron chi connectivity index (χ2n) is 4.56. The molecule has 22 heavy (non-hydrogen) atoms. The Morgan fingerprint density at radius 2 is 2.09 bits per heavy atom. The average molecular weight is 324 g/mol. The van der Waals surface area contributed by atoms with Crippen molar-refractivity contribution in [2.75, 3.05) is 18.5 Å². The molecule has 9 heteroatoms. The first-order valence-electron chi connectivity index (χ1n) is 6.38. The van der Waals surface area contributed by atoms with E-state index in [1.165, 1.54) is 0 Å². The monoisotopic (exact) mass is 324 g/mol. The number of alkyl halides is 3. The smallest absolute Gasteiger partial charge is 0.422 e. The lowest BCUT2D eigenvalue weighted by atomic mass is 10.2. The molecule has 0 aliphatic carbocycles. The Hall–Kier alpha value is -2.03. The molecule has 0 unspecified atom stereocenters. The summed E-state index contributed by atoms with van der Waals surface area (Å²) in [6, 6.07) is 1.78. The molecule has 1 rings (SSSR count). The average Bonchev–Trinajstić information content (AvgIpc) is 2.38. The molecular formula is C13H16F4N2O3. The first-order chi connectivity index (χ1) is 10.2. The number of hydrogen-bond donors (Lipinski definition) is 3. The van der Waals surface area contributed by atoms with Gasteiger partial charge in [-0.1, -0.05) is 0 Å². The minimum atomic E-state index is -4.58. The van der Waals surface area contributed by atoms with Crippen molar-refractivity contribution in [3.8, 4) is 5.75 Å². The van der Waals surface area contributed by atoms with Crippen molar-refractivity contribution in [1.82, 2.24) is 5.32 Å². The van der Waals surface area contributed by atoms with Gasteiger partial charge in [0.15, 0.2) is 6.61 Å². The van der Waals surface area contributed by atoms with Gasteiger partial charge < -0.3 is 20.5 Å². The molecule has 1 aromatic carbocycles. The molecule has 0 saturated carbocycles. The van der Waals surface area contributed by atoms with Gasteiger partial charge in [0.2, 0.25) is 0 Å². The Morgan fingerprint density at radius 1 is 1.41 bits per heavy atom. The van der Waals surface area contributed by atoms with Gasteiger partial charge in [-0.3, -0.25) is 0 Å². The van der Waals surface area contributed by atoms with Crippen molar-refractivity contribution >= 4 is 11.7 Å². The Bertz CT molecular complexity index is 509. The lowest BCUT2D eigenvalue weighted by molar-refractivity contribution is -0.153. The zero-order chi connectivity index (χ0) is 16.8. The van der Waals surface area contributed by atoms with E-state index in [2.05, 4.69) is 15.4 Å². The highest BCUT2D eigenvalue weighted by atomic mass is 19.4. The number of ether oxygens (including phenoxy) is 1. The SMILES string of the molecule is C[C@H](CCO)NC(=O)Nc1ccc(F)cc1OCC(F)(F)F. The van der Waals surface area contributed by atoms with E-state index in [9.17, 15) is 22.4 Å². The first-order valence-corrected chi connectivity index (χ1v) is 6.38. The summed E-state index contributed by atoms with van der Waals surface area (Å²) in [5, 5.41) is 13.5. The lowest BCUT2D eigenvalue weighted by Gasteiger charge is -2.16. The highest BCUT2D eigenvalue weighted by molar-refractivity contribution is 5.91. The van der Waals surface area contributed by atoms with Crippen LogP contribution in [0.4, 0.5) is 28.0 Å². The van der Waals surface area contributed by atoms with Crippen LogP contribution in [0.2, 0.25) is 0 Å². The normalized spacial score (nSPS) is 12.6. The molecule has 124 valence electrons. The minimum absolute atomic E-state index is 0.0978. The summed E-state index contributed by atoms with van der Waals surface area (Å²) in [5.74, 6) is -1.22. The molecule has 0 spiro atoms. The van der Waals surface area contributed by atoms with Gasteiger partial charge in [0.1, 0.15) is 11.6 Å². The molecule has 0 radical (unpaired) electrons. The van der Waals surface area contributed by atoms with Crippen LogP contribution in [0.25, 0.3) is 0 Å². The Kier molecular flexibility index (Phi) is 6.41. The fourth-order valence-electron chi connectivity index (χ4n) is 1.53. The van der Waals surface area contributed by atoms with Crippen molar-refractivity contribution in [2.24, 2.45) is 0 Å². The summed E-state index contributed by atoms with van der Waals surface area (Å²) in [5.41, 5.74) is -0.0978. The van der Waals surface area contributed by atoms with Gasteiger partial charge in [-0.2, -0.15) is 13.2 Å². The second-order valence-corrected chi connectivity index (χ2v) is 4.56. The van der Waals surface area contributed by atoms with Crippen LogP contribution in [-0.2, 0) is 0 Å². The van der Waals surface area contributed by atoms with Gasteiger partial charge in [-0.15, -0.1) is 0 Å². The molecule has 2 amide bonds. The van der Waals surface area contributed by atoms with Crippen LogP contribution >= 0.6 is 0 Å². The molecule has 3 N–H and O–H groups in total. The summed E-state index contributed by atoms with van der Waals surface area (Å²) in [7, 11) is 0. The number of carbonyl (C=O) groups excluding carboxylic acids is 1. The van der Waals surface area contributed by atoms with Gasteiger partial charge >= 0.3 is 12.2 Å². The Morgan fingerprint density at radius 3 is 2.68 bits per heavy atom. The van der Waals surface area contributed by atoms with Crippen LogP contribution < -0.4 is 15.4 Å². The maximum atomic E-state index is 13.1. The zero-order valence-corrected chi connectivity index (χ0v) is 11.7. The molecule has 1 atom stereocenters. The Balaban J connectivity index is 2.74. The number of aliphatic hydroxyl groups is 1. The van der Waals surface area contributed by atoms with Crippen molar-refractivity contribution in [2.45, 2.75) is 25.6 Å². The number of rotatable bonds is 6. The number of aliphatic hydroxyl groups excluding tert-OH is 1. The predicted molar refractivity (Wildman–Crippen MR) is 71.3 cm³/mol. The van der Waals surface area contributed by atoms with Crippen LogP contribution in [0, 0.1) is 5.82 Å². The van der Waals surface area contributed by atoms with Crippen molar-refractivity contribution in [1.29, 1.82) is 0 Å². The third-order valence-corrected chi connectivity index (χ3v) is 2.52. The number of nitrogens with one attached hydrogen (secondary N) is 2. The number of carbonyl (C=O) groups is 1. The molecule has 0 saturated heterocycles. The highest BCUT2D eigenvalue weighted by Gasteiger charge is 2.29. The third-order valence-electron chi connectivity index (χ3n) is 2.52. The van der Waals surface area contributed by atoms with Gasteiger partial charge in [0.25, 0.3) is 0 Å². The van der Waals surface area contributed by atoms with Crippen molar-refractivity contribution < 1.29 is 32.2 Å². The van der Waals surface area contributed by atoms with E-state index >= 15 is 0 Å². The van der Waals surface area contributed by atoms with Crippen LogP contribution in [0.15, 0.2) is 18.2 Å². The molecule has 0 bridgehead atoms.